The molecule has 0 spiro atoms. The third kappa shape index (κ3) is 4.07. The number of hydrogen-bond donors (Lipinski definition) is 1. The Morgan fingerprint density at radius 1 is 1.59 bits per heavy atom. The molecule has 0 aromatic carbocycles. The summed E-state index contributed by atoms with van der Waals surface area (Å²) in [5.41, 5.74) is 0.946. The van der Waals surface area contributed by atoms with E-state index in [1.807, 2.05) is 13.2 Å². The molecule has 1 aliphatic rings. The molecule has 1 aromatic heterocycles. The third-order valence-corrected chi connectivity index (χ3v) is 2.71. The number of rotatable bonds is 6. The van der Waals surface area contributed by atoms with E-state index in [9.17, 15) is 0 Å². The fraction of sp³-hybridized carbons (Fsp3) is 0.818. The van der Waals surface area contributed by atoms with Crippen molar-refractivity contribution in [1.82, 2.24) is 20.3 Å². The van der Waals surface area contributed by atoms with E-state index in [0.29, 0.717) is 6.61 Å². The Hall–Kier alpha value is -0.980. The molecule has 0 radical (unpaired) electrons. The van der Waals surface area contributed by atoms with Crippen LogP contribution in [0, 0.1) is 0 Å². The maximum absolute atomic E-state index is 5.63. The van der Waals surface area contributed by atoms with Crippen molar-refractivity contribution >= 4 is 0 Å². The van der Waals surface area contributed by atoms with Crippen LogP contribution in [-0.2, 0) is 22.6 Å². The van der Waals surface area contributed by atoms with Gasteiger partial charge in [-0.25, -0.2) is 4.68 Å². The highest BCUT2D eigenvalue weighted by molar-refractivity contribution is 4.90. The van der Waals surface area contributed by atoms with Crippen LogP contribution >= 0.6 is 0 Å². The molecule has 1 atom stereocenters. The summed E-state index contributed by atoms with van der Waals surface area (Å²) in [7, 11) is 1.89. The standard InChI is InChI=1S/C11H20N4O2/c1-12-8-10-9-15(14-13-10)5-7-17-11-4-2-3-6-16-11/h9,11-12H,2-8H2,1H3. The van der Waals surface area contributed by atoms with Gasteiger partial charge in [-0.3, -0.25) is 0 Å². The largest absolute Gasteiger partial charge is 0.353 e. The van der Waals surface area contributed by atoms with Crippen LogP contribution < -0.4 is 5.32 Å². The molecular formula is C11H20N4O2. The van der Waals surface area contributed by atoms with Gasteiger partial charge in [-0.1, -0.05) is 5.21 Å². The Kier molecular flexibility index (Phi) is 4.90. The summed E-state index contributed by atoms with van der Waals surface area (Å²) in [6.45, 7) is 2.90. The molecule has 0 saturated carbocycles. The van der Waals surface area contributed by atoms with Gasteiger partial charge in [0.05, 0.1) is 18.8 Å². The number of aromatic nitrogens is 3. The average Bonchev–Trinajstić information content (AvgIpc) is 2.79. The maximum Gasteiger partial charge on any atom is 0.157 e. The molecule has 6 heteroatoms. The van der Waals surface area contributed by atoms with E-state index in [1.165, 1.54) is 6.42 Å². The quantitative estimate of drug-likeness (QED) is 0.786. The first kappa shape index (κ1) is 12.5. The van der Waals surface area contributed by atoms with Crippen molar-refractivity contribution in [2.45, 2.75) is 38.6 Å². The van der Waals surface area contributed by atoms with Crippen molar-refractivity contribution in [2.75, 3.05) is 20.3 Å². The molecule has 17 heavy (non-hydrogen) atoms. The van der Waals surface area contributed by atoms with Crippen LogP contribution in [-0.4, -0.2) is 41.5 Å². The van der Waals surface area contributed by atoms with E-state index in [4.69, 9.17) is 9.47 Å². The van der Waals surface area contributed by atoms with Crippen LogP contribution in [0.3, 0.4) is 0 Å². The SMILES string of the molecule is CNCc1cn(CCOC2CCCCO2)nn1. The molecule has 1 aromatic rings. The first-order chi connectivity index (χ1) is 8.38. The van der Waals surface area contributed by atoms with E-state index in [0.717, 1.165) is 38.2 Å². The highest BCUT2D eigenvalue weighted by atomic mass is 16.7. The van der Waals surface area contributed by atoms with Crippen LogP contribution in [0.2, 0.25) is 0 Å². The van der Waals surface area contributed by atoms with Crippen molar-refractivity contribution in [2.24, 2.45) is 0 Å². The van der Waals surface area contributed by atoms with Gasteiger partial charge in [0.1, 0.15) is 0 Å². The van der Waals surface area contributed by atoms with Crippen LogP contribution in [0.1, 0.15) is 25.0 Å². The lowest BCUT2D eigenvalue weighted by atomic mass is 10.2. The van der Waals surface area contributed by atoms with Crippen LogP contribution in [0.25, 0.3) is 0 Å². The molecule has 0 aliphatic carbocycles. The molecule has 1 aliphatic heterocycles. The smallest absolute Gasteiger partial charge is 0.157 e. The zero-order valence-electron chi connectivity index (χ0n) is 10.3. The third-order valence-electron chi connectivity index (χ3n) is 2.71. The van der Waals surface area contributed by atoms with E-state index >= 15 is 0 Å². The second kappa shape index (κ2) is 6.68. The van der Waals surface area contributed by atoms with Crippen molar-refractivity contribution in [1.29, 1.82) is 0 Å². The van der Waals surface area contributed by atoms with Crippen molar-refractivity contribution < 1.29 is 9.47 Å². The monoisotopic (exact) mass is 240 g/mol. The fourth-order valence-electron chi connectivity index (χ4n) is 1.83. The number of nitrogens with zero attached hydrogens (tertiary/aromatic N) is 3. The molecule has 1 N–H and O–H groups in total. The Morgan fingerprint density at radius 3 is 3.29 bits per heavy atom. The predicted molar refractivity (Wildman–Crippen MR) is 62.3 cm³/mol. The molecule has 1 unspecified atom stereocenters. The molecule has 1 fully saturated rings. The number of nitrogens with one attached hydrogen (secondary N) is 1. The Morgan fingerprint density at radius 2 is 2.53 bits per heavy atom. The summed E-state index contributed by atoms with van der Waals surface area (Å²) in [5, 5.41) is 11.1. The second-order valence-electron chi connectivity index (χ2n) is 4.17. The minimum atomic E-state index is -0.0240. The highest BCUT2D eigenvalue weighted by Crippen LogP contribution is 2.13. The molecule has 2 rings (SSSR count). The molecule has 2 heterocycles. The molecular weight excluding hydrogens is 220 g/mol. The zero-order valence-corrected chi connectivity index (χ0v) is 10.3. The molecule has 0 amide bonds. The highest BCUT2D eigenvalue weighted by Gasteiger charge is 2.13. The summed E-state index contributed by atoms with van der Waals surface area (Å²) >= 11 is 0. The van der Waals surface area contributed by atoms with E-state index in [1.54, 1.807) is 4.68 Å². The van der Waals surface area contributed by atoms with Gasteiger partial charge in [-0.2, -0.15) is 0 Å². The molecule has 96 valence electrons. The van der Waals surface area contributed by atoms with E-state index in [-0.39, 0.29) is 6.29 Å². The maximum atomic E-state index is 5.63. The van der Waals surface area contributed by atoms with Crippen LogP contribution in [0.5, 0.6) is 0 Å². The lowest BCUT2D eigenvalue weighted by molar-refractivity contribution is -0.163. The summed E-state index contributed by atoms with van der Waals surface area (Å²) in [6, 6.07) is 0. The minimum Gasteiger partial charge on any atom is -0.353 e. The van der Waals surface area contributed by atoms with Crippen molar-refractivity contribution in [3.63, 3.8) is 0 Å². The Labute approximate surface area is 101 Å². The summed E-state index contributed by atoms with van der Waals surface area (Å²) in [6.07, 6.45) is 5.25. The first-order valence-corrected chi connectivity index (χ1v) is 6.15. The second-order valence-corrected chi connectivity index (χ2v) is 4.17. The average molecular weight is 240 g/mol. The van der Waals surface area contributed by atoms with Crippen LogP contribution in [0.4, 0.5) is 0 Å². The zero-order chi connectivity index (χ0) is 11.9. The topological polar surface area (TPSA) is 61.2 Å². The number of hydrogen-bond acceptors (Lipinski definition) is 5. The van der Waals surface area contributed by atoms with Gasteiger partial charge in [-0.05, 0) is 26.3 Å². The first-order valence-electron chi connectivity index (χ1n) is 6.15. The van der Waals surface area contributed by atoms with E-state index in [2.05, 4.69) is 15.6 Å². The van der Waals surface area contributed by atoms with Gasteiger partial charge in [-0.15, -0.1) is 5.10 Å². The number of ether oxygens (including phenoxy) is 2. The van der Waals surface area contributed by atoms with Crippen molar-refractivity contribution in [3.8, 4) is 0 Å². The molecule has 1 saturated heterocycles. The van der Waals surface area contributed by atoms with E-state index < -0.39 is 0 Å². The molecule has 0 bridgehead atoms. The molecule has 6 nitrogen and oxygen atoms in total. The van der Waals surface area contributed by atoms with Gasteiger partial charge in [0, 0.05) is 19.3 Å². The van der Waals surface area contributed by atoms with Gasteiger partial charge >= 0.3 is 0 Å². The van der Waals surface area contributed by atoms with Gasteiger partial charge < -0.3 is 14.8 Å². The summed E-state index contributed by atoms with van der Waals surface area (Å²) in [4.78, 5) is 0. The summed E-state index contributed by atoms with van der Waals surface area (Å²) < 4.78 is 12.9. The fourth-order valence-corrected chi connectivity index (χ4v) is 1.83. The predicted octanol–water partition coefficient (Wildman–Crippen LogP) is 0.541. The van der Waals surface area contributed by atoms with Gasteiger partial charge in [0.2, 0.25) is 0 Å². The Bertz CT molecular complexity index is 323. The van der Waals surface area contributed by atoms with Crippen molar-refractivity contribution in [3.05, 3.63) is 11.9 Å². The lowest BCUT2D eigenvalue weighted by Crippen LogP contribution is -2.24. The van der Waals surface area contributed by atoms with Gasteiger partial charge in [0.15, 0.2) is 6.29 Å². The normalized spacial score (nSPS) is 20.6. The Balaban J connectivity index is 1.66. The lowest BCUT2D eigenvalue weighted by Gasteiger charge is -2.22. The minimum absolute atomic E-state index is 0.0240. The van der Waals surface area contributed by atoms with Gasteiger partial charge in [0.25, 0.3) is 0 Å². The van der Waals surface area contributed by atoms with Crippen LogP contribution in [0.15, 0.2) is 6.20 Å². The summed E-state index contributed by atoms with van der Waals surface area (Å²) in [5.74, 6) is 0.